The summed E-state index contributed by atoms with van der Waals surface area (Å²) in [6.45, 7) is 9.35. The summed E-state index contributed by atoms with van der Waals surface area (Å²) in [5.41, 5.74) is 0. The molecule has 13 atom stereocenters. The molecule has 2 fully saturated rings. The number of fused-ring (bicyclic) bond motifs is 1. The summed E-state index contributed by atoms with van der Waals surface area (Å²) in [5, 5.41) is 21.2. The van der Waals surface area contributed by atoms with Crippen LogP contribution in [0, 0.1) is 23.7 Å². The molecule has 3 aliphatic rings. The first kappa shape index (κ1) is 31.9. The van der Waals surface area contributed by atoms with Crippen molar-refractivity contribution in [3.8, 4) is 0 Å². The molecule has 0 amide bonds. The fraction of sp³-hybridized carbons (Fsp3) is 0.793. The van der Waals surface area contributed by atoms with Crippen molar-refractivity contribution in [2.75, 3.05) is 20.8 Å². The monoisotopic (exact) mass is 554 g/mol. The van der Waals surface area contributed by atoms with Gasteiger partial charge in [-0.05, 0) is 37.8 Å². The molecular formula is C29H46O10. The van der Waals surface area contributed by atoms with Crippen LogP contribution in [-0.4, -0.2) is 97.9 Å². The lowest BCUT2D eigenvalue weighted by Crippen LogP contribution is -2.59. The zero-order chi connectivity index (χ0) is 28.9. The number of epoxide rings is 1. The van der Waals surface area contributed by atoms with Crippen LogP contribution < -0.4 is 0 Å². The van der Waals surface area contributed by atoms with Crippen LogP contribution >= 0.6 is 0 Å². The molecule has 0 radical (unpaired) electrons. The first-order valence-corrected chi connectivity index (χ1v) is 14.0. The van der Waals surface area contributed by atoms with Crippen LogP contribution in [0.4, 0.5) is 0 Å². The van der Waals surface area contributed by atoms with Crippen molar-refractivity contribution in [1.82, 2.24) is 0 Å². The van der Waals surface area contributed by atoms with E-state index in [9.17, 15) is 19.8 Å². The Morgan fingerprint density at radius 1 is 0.949 bits per heavy atom. The van der Waals surface area contributed by atoms with Crippen LogP contribution in [0.3, 0.4) is 0 Å². The average Bonchev–Trinajstić information content (AvgIpc) is 3.69. The molecule has 0 aromatic carbocycles. The fourth-order valence-electron chi connectivity index (χ4n) is 5.59. The van der Waals surface area contributed by atoms with Crippen LogP contribution in [0.2, 0.25) is 0 Å². The third-order valence-corrected chi connectivity index (χ3v) is 8.21. The molecule has 2 saturated heterocycles. The van der Waals surface area contributed by atoms with Crippen molar-refractivity contribution >= 4 is 11.8 Å². The highest BCUT2D eigenvalue weighted by Gasteiger charge is 2.50. The number of carbonyl (C=O) groups excluding carboxylic acids is 2. The van der Waals surface area contributed by atoms with Crippen LogP contribution in [0.25, 0.3) is 0 Å². The standard InChI is InChI=1S/C29H46O10/c1-8-21-19(14-36-29-28(35-7)27(34-6)25(33)18(5)37-29)26-22(39-26)11-10-20(30)16(3)13-17(4)24(32)15(2)9-12-23(31)38-21/h9-12,15-19,21-22,24-29,32-33H,8,13-14H2,1-7H3/b11-10+,12-9+/t15-,16+,17-,18?,19+,21+,22+,24+,25?,26+,27?,28?,29?/m0/s1. The molecule has 3 rings (SSSR count). The number of carbonyl (C=O) groups is 2. The number of aliphatic hydroxyl groups excluding tert-OH is 2. The molecule has 0 aliphatic carbocycles. The Balaban J connectivity index is 1.82. The number of cyclic esters (lactones) is 1. The van der Waals surface area contributed by atoms with Crippen molar-refractivity contribution in [2.24, 2.45) is 23.7 Å². The normalized spacial score (nSPS) is 45.7. The second-order valence-corrected chi connectivity index (χ2v) is 11.1. The zero-order valence-corrected chi connectivity index (χ0v) is 24.1. The highest BCUT2D eigenvalue weighted by molar-refractivity contribution is 5.91. The molecule has 0 aromatic heterocycles. The van der Waals surface area contributed by atoms with Gasteiger partial charge in [-0.2, -0.15) is 0 Å². The van der Waals surface area contributed by atoms with E-state index in [2.05, 4.69) is 0 Å². The molecular weight excluding hydrogens is 508 g/mol. The summed E-state index contributed by atoms with van der Waals surface area (Å²) in [7, 11) is 2.99. The SMILES string of the molecule is CC[C@H]1OC(=O)/C=C/[C@H](C)[C@@H](O)[C@@H](C)C[C@@H](C)C(=O)/C=C/[C@H]2O[C@@H]2[C@@H]1COC1OC(C)C(O)C(OC)C1OC. The fourth-order valence-corrected chi connectivity index (χ4v) is 5.59. The van der Waals surface area contributed by atoms with Crippen LogP contribution in [0.15, 0.2) is 24.3 Å². The number of hydrogen-bond acceptors (Lipinski definition) is 10. The van der Waals surface area contributed by atoms with Gasteiger partial charge < -0.3 is 38.6 Å². The minimum Gasteiger partial charge on any atom is -0.459 e. The van der Waals surface area contributed by atoms with Gasteiger partial charge in [0.1, 0.15) is 30.5 Å². The maximum absolute atomic E-state index is 12.8. The van der Waals surface area contributed by atoms with E-state index in [0.717, 1.165) is 0 Å². The molecule has 10 heteroatoms. The van der Waals surface area contributed by atoms with Gasteiger partial charge in [-0.15, -0.1) is 0 Å². The predicted molar refractivity (Wildman–Crippen MR) is 142 cm³/mol. The minimum atomic E-state index is -0.885. The van der Waals surface area contributed by atoms with Crippen LogP contribution in [0.1, 0.15) is 47.5 Å². The maximum atomic E-state index is 12.8. The Bertz CT molecular complexity index is 874. The van der Waals surface area contributed by atoms with Gasteiger partial charge in [0, 0.05) is 38.0 Å². The molecule has 39 heavy (non-hydrogen) atoms. The van der Waals surface area contributed by atoms with Crippen molar-refractivity contribution in [3.63, 3.8) is 0 Å². The van der Waals surface area contributed by atoms with Crippen LogP contribution in [-0.2, 0) is 38.0 Å². The van der Waals surface area contributed by atoms with Gasteiger partial charge in [0.25, 0.3) is 0 Å². The number of methoxy groups -OCH3 is 2. The Labute approximate surface area is 231 Å². The largest absolute Gasteiger partial charge is 0.459 e. The number of allylic oxidation sites excluding steroid dienone is 1. The second-order valence-electron chi connectivity index (χ2n) is 11.1. The predicted octanol–water partition coefficient (Wildman–Crippen LogP) is 2.20. The topological polar surface area (TPSA) is 133 Å². The molecule has 5 unspecified atom stereocenters. The molecule has 2 N–H and O–H groups in total. The Morgan fingerprint density at radius 2 is 1.64 bits per heavy atom. The van der Waals surface area contributed by atoms with Crippen molar-refractivity contribution in [3.05, 3.63) is 24.3 Å². The summed E-state index contributed by atoms with van der Waals surface area (Å²) < 4.78 is 34.9. The smallest absolute Gasteiger partial charge is 0.330 e. The number of aliphatic hydroxyl groups is 2. The lowest BCUT2D eigenvalue weighted by molar-refractivity contribution is -0.305. The lowest BCUT2D eigenvalue weighted by Gasteiger charge is -2.42. The van der Waals surface area contributed by atoms with Gasteiger partial charge in [-0.1, -0.05) is 33.8 Å². The summed E-state index contributed by atoms with van der Waals surface area (Å²) >= 11 is 0. The Hall–Kier alpha value is -1.66. The van der Waals surface area contributed by atoms with E-state index in [1.165, 1.54) is 20.3 Å². The van der Waals surface area contributed by atoms with E-state index >= 15 is 0 Å². The van der Waals surface area contributed by atoms with Crippen molar-refractivity contribution in [2.45, 2.75) is 103 Å². The summed E-state index contributed by atoms with van der Waals surface area (Å²) in [4.78, 5) is 25.6. The van der Waals surface area contributed by atoms with E-state index in [1.54, 1.807) is 25.2 Å². The van der Waals surface area contributed by atoms with E-state index in [1.807, 2.05) is 27.7 Å². The quantitative estimate of drug-likeness (QED) is 0.372. The number of hydrogen-bond donors (Lipinski definition) is 2. The molecule has 0 spiro atoms. The Morgan fingerprint density at radius 3 is 2.28 bits per heavy atom. The van der Waals surface area contributed by atoms with Gasteiger partial charge in [-0.25, -0.2) is 4.79 Å². The lowest BCUT2D eigenvalue weighted by atomic mass is 9.85. The highest BCUT2D eigenvalue weighted by Crippen LogP contribution is 2.36. The minimum absolute atomic E-state index is 0.0263. The average molecular weight is 555 g/mol. The summed E-state index contributed by atoms with van der Waals surface area (Å²) in [5.74, 6) is -1.59. The number of ether oxygens (including phenoxy) is 6. The summed E-state index contributed by atoms with van der Waals surface area (Å²) in [6, 6.07) is 0. The molecule has 222 valence electrons. The first-order chi connectivity index (χ1) is 18.5. The zero-order valence-electron chi connectivity index (χ0n) is 24.1. The molecule has 0 bridgehead atoms. The van der Waals surface area contributed by atoms with E-state index in [4.69, 9.17) is 28.4 Å². The van der Waals surface area contributed by atoms with Crippen molar-refractivity contribution < 1.29 is 48.2 Å². The van der Waals surface area contributed by atoms with E-state index in [0.29, 0.717) is 12.8 Å². The van der Waals surface area contributed by atoms with Gasteiger partial charge in [0.2, 0.25) is 0 Å². The number of ketones is 1. The molecule has 3 heterocycles. The van der Waals surface area contributed by atoms with Crippen molar-refractivity contribution in [1.29, 1.82) is 0 Å². The van der Waals surface area contributed by atoms with Gasteiger partial charge in [-0.3, -0.25) is 4.79 Å². The summed E-state index contributed by atoms with van der Waals surface area (Å²) in [6.07, 6.45) is 1.83. The molecule has 10 nitrogen and oxygen atoms in total. The number of rotatable bonds is 6. The van der Waals surface area contributed by atoms with Crippen LogP contribution in [0.5, 0.6) is 0 Å². The van der Waals surface area contributed by atoms with Gasteiger partial charge in [0.15, 0.2) is 12.1 Å². The Kier molecular flexibility index (Phi) is 11.7. The molecule has 3 aliphatic heterocycles. The van der Waals surface area contributed by atoms with E-state index < -0.39 is 48.9 Å². The third kappa shape index (κ3) is 7.97. The highest BCUT2D eigenvalue weighted by atomic mass is 16.7. The van der Waals surface area contributed by atoms with E-state index in [-0.39, 0.29) is 48.3 Å². The van der Waals surface area contributed by atoms with Gasteiger partial charge >= 0.3 is 5.97 Å². The molecule has 0 saturated carbocycles. The first-order valence-electron chi connectivity index (χ1n) is 14.0. The van der Waals surface area contributed by atoms with Gasteiger partial charge in [0.05, 0.1) is 24.9 Å². The molecule has 0 aromatic rings. The maximum Gasteiger partial charge on any atom is 0.330 e. The second kappa shape index (κ2) is 14.3. The number of esters is 1. The third-order valence-electron chi connectivity index (χ3n) is 8.21.